The Morgan fingerprint density at radius 2 is 1.61 bits per heavy atom. The van der Waals surface area contributed by atoms with Crippen molar-refractivity contribution < 1.29 is 28.4 Å². The summed E-state index contributed by atoms with van der Waals surface area (Å²) in [4.78, 5) is 32.6. The number of nitrogens with zero attached hydrogens (tertiary/aromatic N) is 2. The Hall–Kier alpha value is -4.44. The van der Waals surface area contributed by atoms with E-state index >= 15 is 0 Å². The molecular weight excluding hydrogens is 641 g/mol. The number of ether oxygens (including phenoxy) is 3. The van der Waals surface area contributed by atoms with Crippen LogP contribution in [0.15, 0.2) is 66.9 Å². The molecule has 11 nitrogen and oxygen atoms in total. The van der Waals surface area contributed by atoms with E-state index in [-0.39, 0.29) is 30.1 Å². The SMILES string of the molecule is COc1c(NC(=O)Nc2ccc(Oc3ccnc(NC(=O)CN4CC(C)OC(C)C4)c3)c3ccccc23)cc(C(C)(C)C)cc1P(C)(C)=O. The molecule has 3 N–H and O–H groups in total. The van der Waals surface area contributed by atoms with Gasteiger partial charge in [-0.2, -0.15) is 0 Å². The van der Waals surface area contributed by atoms with Crippen LogP contribution >= 0.6 is 7.14 Å². The van der Waals surface area contributed by atoms with E-state index in [1.165, 1.54) is 7.11 Å². The Morgan fingerprint density at radius 1 is 0.939 bits per heavy atom. The lowest BCUT2D eigenvalue weighted by atomic mass is 9.86. The minimum absolute atomic E-state index is 0.0674. The number of aromatic nitrogens is 1. The monoisotopic (exact) mass is 687 g/mol. The standard InChI is InChI=1S/C37H46N5O6P/c1-23-20-42(21-24(2)47-23)22-34(43)41-33-19-26(15-16-38-33)48-31-14-13-29(27-11-9-10-12-28(27)31)39-36(44)40-30-17-25(37(3,4)5)18-32(35(30)46-6)49(7,8)45/h9-19,23-24H,20-22H2,1-8H3,(H,38,41,43)(H2,39,40,44). The fourth-order valence-corrected chi connectivity index (χ4v) is 7.12. The second-order valence-corrected chi connectivity index (χ2v) is 17.1. The average Bonchev–Trinajstić information content (AvgIpc) is 3.00. The molecule has 2 unspecified atom stereocenters. The highest BCUT2D eigenvalue weighted by atomic mass is 31.2. The molecule has 1 saturated heterocycles. The number of urea groups is 1. The van der Waals surface area contributed by atoms with Gasteiger partial charge in [0.1, 0.15) is 24.5 Å². The van der Waals surface area contributed by atoms with Gasteiger partial charge in [-0.15, -0.1) is 0 Å². The van der Waals surface area contributed by atoms with Gasteiger partial charge < -0.3 is 34.7 Å². The zero-order chi connectivity index (χ0) is 35.5. The fraction of sp³-hybridized carbons (Fsp3) is 0.378. The Bertz CT molecular complexity index is 1890. The van der Waals surface area contributed by atoms with Crippen molar-refractivity contribution in [2.75, 3.05) is 56.0 Å². The summed E-state index contributed by atoms with van der Waals surface area (Å²) in [5.41, 5.74) is 1.68. The third-order valence-corrected chi connectivity index (χ3v) is 9.68. The van der Waals surface area contributed by atoms with Gasteiger partial charge in [-0.05, 0) is 68.5 Å². The molecule has 49 heavy (non-hydrogen) atoms. The van der Waals surface area contributed by atoms with Crippen LogP contribution < -0.4 is 30.7 Å². The number of fused-ring (bicyclic) bond motifs is 1. The smallest absolute Gasteiger partial charge is 0.323 e. The fourth-order valence-electron chi connectivity index (χ4n) is 5.97. The van der Waals surface area contributed by atoms with Crippen LogP contribution in [-0.4, -0.2) is 74.1 Å². The molecular formula is C37H46N5O6P. The van der Waals surface area contributed by atoms with Crippen molar-refractivity contribution in [1.29, 1.82) is 0 Å². The minimum Gasteiger partial charge on any atom is -0.494 e. The first-order valence-corrected chi connectivity index (χ1v) is 18.9. The van der Waals surface area contributed by atoms with Crippen LogP contribution in [0.1, 0.15) is 40.2 Å². The number of benzene rings is 3. The zero-order valence-corrected chi connectivity index (χ0v) is 30.3. The number of pyridine rings is 1. The lowest BCUT2D eigenvalue weighted by molar-refractivity contribution is -0.121. The molecule has 2 heterocycles. The molecule has 4 aromatic rings. The highest BCUT2D eigenvalue weighted by Gasteiger charge is 2.27. The van der Waals surface area contributed by atoms with E-state index in [4.69, 9.17) is 14.2 Å². The van der Waals surface area contributed by atoms with E-state index in [9.17, 15) is 14.2 Å². The van der Waals surface area contributed by atoms with E-state index < -0.39 is 13.2 Å². The second-order valence-electron chi connectivity index (χ2n) is 13.9. The van der Waals surface area contributed by atoms with E-state index in [1.807, 2.05) is 50.2 Å². The number of anilines is 3. The zero-order valence-electron chi connectivity index (χ0n) is 29.4. The minimum atomic E-state index is -2.74. The Labute approximate surface area is 288 Å². The highest BCUT2D eigenvalue weighted by molar-refractivity contribution is 7.70. The maximum Gasteiger partial charge on any atom is 0.323 e. The van der Waals surface area contributed by atoms with Crippen LogP contribution in [0.25, 0.3) is 10.8 Å². The number of carbonyl (C=O) groups excluding carboxylic acids is 2. The van der Waals surface area contributed by atoms with Crippen molar-refractivity contribution in [2.24, 2.45) is 0 Å². The summed E-state index contributed by atoms with van der Waals surface area (Å²) in [6, 6.07) is 17.8. The number of morpholine rings is 1. The van der Waals surface area contributed by atoms with E-state index in [1.54, 1.807) is 43.8 Å². The van der Waals surface area contributed by atoms with Gasteiger partial charge in [0.15, 0.2) is 5.75 Å². The lowest BCUT2D eigenvalue weighted by Crippen LogP contribution is -2.48. The average molecular weight is 688 g/mol. The van der Waals surface area contributed by atoms with Crippen molar-refractivity contribution in [3.63, 3.8) is 0 Å². The summed E-state index contributed by atoms with van der Waals surface area (Å²) in [7, 11) is -1.23. The van der Waals surface area contributed by atoms with Crippen molar-refractivity contribution >= 4 is 52.3 Å². The van der Waals surface area contributed by atoms with Crippen molar-refractivity contribution in [2.45, 2.75) is 52.2 Å². The van der Waals surface area contributed by atoms with Gasteiger partial charge in [0, 0.05) is 36.1 Å². The first kappa shape index (κ1) is 35.9. The number of methoxy groups -OCH3 is 1. The Kier molecular flexibility index (Phi) is 10.7. The summed E-state index contributed by atoms with van der Waals surface area (Å²) in [6.45, 7) is 15.2. The van der Waals surface area contributed by atoms with Gasteiger partial charge in [0.2, 0.25) is 5.91 Å². The van der Waals surface area contributed by atoms with Crippen LogP contribution in [0, 0.1) is 0 Å². The van der Waals surface area contributed by atoms with Gasteiger partial charge in [-0.1, -0.05) is 45.0 Å². The largest absolute Gasteiger partial charge is 0.494 e. The van der Waals surface area contributed by atoms with Crippen molar-refractivity contribution in [3.8, 4) is 17.2 Å². The quantitative estimate of drug-likeness (QED) is 0.157. The van der Waals surface area contributed by atoms with E-state index in [0.29, 0.717) is 52.8 Å². The van der Waals surface area contributed by atoms with Gasteiger partial charge in [0.05, 0.1) is 42.5 Å². The maximum absolute atomic E-state index is 13.4. The van der Waals surface area contributed by atoms with Gasteiger partial charge >= 0.3 is 6.03 Å². The molecule has 1 fully saturated rings. The molecule has 2 atom stereocenters. The highest BCUT2D eigenvalue weighted by Crippen LogP contribution is 2.43. The molecule has 1 aromatic heterocycles. The molecule has 3 aromatic carbocycles. The van der Waals surface area contributed by atoms with E-state index in [2.05, 4.69) is 46.6 Å². The van der Waals surface area contributed by atoms with Crippen LogP contribution in [0.5, 0.6) is 17.2 Å². The summed E-state index contributed by atoms with van der Waals surface area (Å²) in [6.07, 6.45) is 1.71. The first-order valence-electron chi connectivity index (χ1n) is 16.3. The molecule has 0 bridgehead atoms. The molecule has 260 valence electrons. The van der Waals surface area contributed by atoms with Gasteiger partial charge in [0.25, 0.3) is 0 Å². The molecule has 1 aliphatic heterocycles. The van der Waals surface area contributed by atoms with Gasteiger partial charge in [-0.3, -0.25) is 9.69 Å². The number of amides is 3. The molecule has 3 amide bonds. The van der Waals surface area contributed by atoms with Crippen molar-refractivity contribution in [3.05, 3.63) is 72.4 Å². The second kappa shape index (κ2) is 14.6. The summed E-state index contributed by atoms with van der Waals surface area (Å²) < 4.78 is 30.9. The molecule has 5 rings (SSSR count). The predicted molar refractivity (Wildman–Crippen MR) is 197 cm³/mol. The van der Waals surface area contributed by atoms with Gasteiger partial charge in [-0.25, -0.2) is 9.78 Å². The Balaban J connectivity index is 1.33. The molecule has 0 radical (unpaired) electrons. The predicted octanol–water partition coefficient (Wildman–Crippen LogP) is 7.27. The lowest BCUT2D eigenvalue weighted by Gasteiger charge is -2.34. The third kappa shape index (κ3) is 8.97. The molecule has 0 saturated carbocycles. The number of hydrogen-bond acceptors (Lipinski definition) is 8. The molecule has 0 aliphatic carbocycles. The number of hydrogen-bond donors (Lipinski definition) is 3. The van der Waals surface area contributed by atoms with Crippen LogP contribution in [0.3, 0.4) is 0 Å². The third-order valence-electron chi connectivity index (χ3n) is 8.19. The molecule has 0 spiro atoms. The summed E-state index contributed by atoms with van der Waals surface area (Å²) >= 11 is 0. The number of nitrogens with one attached hydrogen (secondary N) is 3. The van der Waals surface area contributed by atoms with Crippen molar-refractivity contribution in [1.82, 2.24) is 9.88 Å². The van der Waals surface area contributed by atoms with E-state index in [0.717, 1.165) is 16.3 Å². The molecule has 12 heteroatoms. The topological polar surface area (TPSA) is 131 Å². The molecule has 1 aliphatic rings. The maximum atomic E-state index is 13.4. The number of carbonyl (C=O) groups is 2. The number of rotatable bonds is 9. The normalized spacial score (nSPS) is 17.0. The van der Waals surface area contributed by atoms with Crippen LogP contribution in [0.4, 0.5) is 22.0 Å². The van der Waals surface area contributed by atoms with Crippen LogP contribution in [-0.2, 0) is 19.5 Å². The first-order chi connectivity index (χ1) is 23.1. The van der Waals surface area contributed by atoms with Crippen LogP contribution in [0.2, 0.25) is 0 Å². The summed E-state index contributed by atoms with van der Waals surface area (Å²) in [5, 5.41) is 10.9. The summed E-state index contributed by atoms with van der Waals surface area (Å²) in [5.74, 6) is 1.65. The Morgan fingerprint density at radius 3 is 2.27 bits per heavy atom.